The molecular formula is C35H36N4O10. The number of aryl methyl sites for hydroxylation is 3. The largest absolute Gasteiger partial charge is 0.507 e. The number of benzene rings is 2. The van der Waals surface area contributed by atoms with E-state index in [4.69, 9.17) is 25.7 Å². The molecule has 1 saturated heterocycles. The number of aromatic hydroxyl groups is 1. The van der Waals surface area contributed by atoms with E-state index in [2.05, 4.69) is 9.97 Å². The predicted octanol–water partition coefficient (Wildman–Crippen LogP) is 1.10. The van der Waals surface area contributed by atoms with E-state index < -0.39 is 54.1 Å². The molecule has 1 aliphatic heterocycles. The lowest BCUT2D eigenvalue weighted by Crippen LogP contribution is -2.68. The van der Waals surface area contributed by atoms with Crippen LogP contribution in [0.1, 0.15) is 55.0 Å². The van der Waals surface area contributed by atoms with E-state index in [0.29, 0.717) is 29.8 Å². The second kappa shape index (κ2) is 13.4. The number of aliphatic hydroxyl groups is 4. The summed E-state index contributed by atoms with van der Waals surface area (Å²) in [6.07, 6.45) is -2.71. The molecule has 1 fully saturated rings. The number of nitrogens with two attached hydrogens (primary N) is 2. The molecule has 9 N–H and O–H groups in total. The van der Waals surface area contributed by atoms with Crippen LogP contribution in [0.25, 0.3) is 0 Å². The topological polar surface area (TPSA) is 241 Å². The zero-order valence-electron chi connectivity index (χ0n) is 26.4. The maximum Gasteiger partial charge on any atom is 0.229 e. The van der Waals surface area contributed by atoms with E-state index in [-0.39, 0.29) is 52.4 Å². The zero-order chi connectivity index (χ0) is 35.0. The van der Waals surface area contributed by atoms with Crippen LogP contribution < -0.4 is 20.9 Å². The average molecular weight is 673 g/mol. The summed E-state index contributed by atoms with van der Waals surface area (Å²) in [5.41, 5.74) is 11.0. The summed E-state index contributed by atoms with van der Waals surface area (Å²) < 4.78 is 17.1. The lowest BCUT2D eigenvalue weighted by atomic mass is 9.80. The SMILES string of the molecule is COc1cc(O[C@@H]2O[C@H](CO)[C@](O)(CCc3ccnc(N)c3)[C@H](O)[C@H]2O)c2c(c1)C(=O)c1cc(CCc3ccc(N)nc3)cc(O)c1C2=O. The Kier molecular flexibility index (Phi) is 9.24. The molecule has 0 unspecified atom stereocenters. The molecule has 2 aliphatic rings. The van der Waals surface area contributed by atoms with Crippen LogP contribution >= 0.6 is 0 Å². The first-order chi connectivity index (χ1) is 23.4. The van der Waals surface area contributed by atoms with Crippen molar-refractivity contribution in [1.82, 2.24) is 9.97 Å². The molecule has 4 aromatic rings. The number of anilines is 2. The molecular weight excluding hydrogens is 636 g/mol. The Balaban J connectivity index is 1.27. The Morgan fingerprint density at radius 1 is 0.878 bits per heavy atom. The van der Waals surface area contributed by atoms with Crippen LogP contribution in [0.5, 0.6) is 17.2 Å². The Morgan fingerprint density at radius 3 is 2.33 bits per heavy atom. The van der Waals surface area contributed by atoms with Gasteiger partial charge in [0.25, 0.3) is 0 Å². The maximum absolute atomic E-state index is 14.0. The number of rotatable bonds is 10. The lowest BCUT2D eigenvalue weighted by molar-refractivity contribution is -0.314. The smallest absolute Gasteiger partial charge is 0.229 e. The molecule has 0 amide bonds. The molecule has 1 aliphatic carbocycles. The number of pyridine rings is 2. The Hall–Kier alpha value is -5.12. The van der Waals surface area contributed by atoms with Crippen LogP contribution in [-0.2, 0) is 24.0 Å². The number of carbonyl (C=O) groups is 2. The summed E-state index contributed by atoms with van der Waals surface area (Å²) in [6, 6.07) is 12.4. The van der Waals surface area contributed by atoms with Crippen molar-refractivity contribution in [2.45, 2.75) is 55.9 Å². The first kappa shape index (κ1) is 33.8. The highest BCUT2D eigenvalue weighted by Crippen LogP contribution is 2.42. The minimum absolute atomic E-state index is 0.00660. The maximum atomic E-state index is 14.0. The zero-order valence-corrected chi connectivity index (χ0v) is 26.4. The minimum Gasteiger partial charge on any atom is -0.507 e. The molecule has 14 nitrogen and oxygen atoms in total. The van der Waals surface area contributed by atoms with Crippen LogP contribution in [0.15, 0.2) is 60.9 Å². The van der Waals surface area contributed by atoms with Gasteiger partial charge in [-0.25, -0.2) is 9.97 Å². The second-order valence-electron chi connectivity index (χ2n) is 12.1. The van der Waals surface area contributed by atoms with Gasteiger partial charge in [0.1, 0.15) is 52.8 Å². The number of hydrogen-bond acceptors (Lipinski definition) is 14. The van der Waals surface area contributed by atoms with Crippen molar-refractivity contribution in [2.24, 2.45) is 0 Å². The van der Waals surface area contributed by atoms with Gasteiger partial charge in [0.15, 0.2) is 5.78 Å². The fourth-order valence-corrected chi connectivity index (χ4v) is 6.33. The molecule has 0 saturated carbocycles. The number of phenols is 1. The van der Waals surface area contributed by atoms with Crippen molar-refractivity contribution >= 4 is 23.2 Å². The molecule has 2 aromatic carbocycles. The quantitative estimate of drug-likeness (QED) is 0.110. The first-order valence-electron chi connectivity index (χ1n) is 15.5. The van der Waals surface area contributed by atoms with Gasteiger partial charge in [-0.05, 0) is 78.8 Å². The number of fused-ring (bicyclic) bond motifs is 2. The van der Waals surface area contributed by atoms with Gasteiger partial charge >= 0.3 is 0 Å². The molecule has 6 rings (SSSR count). The number of nitrogen functional groups attached to an aromatic ring is 2. The van der Waals surface area contributed by atoms with Crippen molar-refractivity contribution in [1.29, 1.82) is 0 Å². The molecule has 2 aromatic heterocycles. The van der Waals surface area contributed by atoms with E-state index in [1.807, 2.05) is 6.07 Å². The van der Waals surface area contributed by atoms with Gasteiger partial charge < -0.3 is 51.2 Å². The third kappa shape index (κ3) is 6.39. The Labute approximate surface area is 280 Å². The number of ketones is 2. The van der Waals surface area contributed by atoms with Crippen LogP contribution in [0.4, 0.5) is 11.6 Å². The van der Waals surface area contributed by atoms with Crippen molar-refractivity contribution in [3.63, 3.8) is 0 Å². The summed E-state index contributed by atoms with van der Waals surface area (Å²) in [5.74, 6) is -1.18. The monoisotopic (exact) mass is 672 g/mol. The van der Waals surface area contributed by atoms with Crippen LogP contribution in [0.2, 0.25) is 0 Å². The van der Waals surface area contributed by atoms with Gasteiger partial charge in [0, 0.05) is 29.6 Å². The minimum atomic E-state index is -2.11. The number of aliphatic hydroxyl groups excluding tert-OH is 3. The third-order valence-corrected chi connectivity index (χ3v) is 9.02. The third-order valence-electron chi connectivity index (χ3n) is 9.02. The first-order valence-corrected chi connectivity index (χ1v) is 15.5. The fourth-order valence-electron chi connectivity index (χ4n) is 6.33. The normalized spacial score (nSPS) is 23.1. The standard InChI is InChI=1S/C35H36N4O10/c1-47-20-13-22-29(31(43)28-21(30(22)42)10-19(11-23(28)41)3-2-18-4-5-26(36)39-15-18)24(14-20)48-34-32(44)33(45)35(46,25(16-40)49-34)8-6-17-7-9-38-27(37)12-17/h4-5,7,9-15,25,32-34,40-41,44-46H,2-3,6,8,16H2,1H3,(H2,36,39)(H2,37,38)/t25-,32-,33-,34-,35-/m1/s1. The van der Waals surface area contributed by atoms with Crippen molar-refractivity contribution in [2.75, 3.05) is 25.2 Å². The Morgan fingerprint density at radius 2 is 1.63 bits per heavy atom. The van der Waals surface area contributed by atoms with Crippen LogP contribution in [0.3, 0.4) is 0 Å². The van der Waals surface area contributed by atoms with Crippen molar-refractivity contribution in [3.8, 4) is 17.2 Å². The highest BCUT2D eigenvalue weighted by atomic mass is 16.7. The fraction of sp³-hybridized carbons (Fsp3) is 0.314. The molecule has 14 heteroatoms. The molecule has 256 valence electrons. The summed E-state index contributed by atoms with van der Waals surface area (Å²) in [5, 5.41) is 54.9. The molecule has 3 heterocycles. The van der Waals surface area contributed by atoms with Gasteiger partial charge in [0.2, 0.25) is 12.1 Å². The number of methoxy groups -OCH3 is 1. The average Bonchev–Trinajstić information content (AvgIpc) is 3.09. The van der Waals surface area contributed by atoms with Gasteiger partial charge in [-0.15, -0.1) is 0 Å². The molecule has 49 heavy (non-hydrogen) atoms. The molecule has 5 atom stereocenters. The highest BCUT2D eigenvalue weighted by Gasteiger charge is 2.55. The summed E-state index contributed by atoms with van der Waals surface area (Å²) in [4.78, 5) is 35.9. The molecule has 0 spiro atoms. The Bertz CT molecular complexity index is 1900. The van der Waals surface area contributed by atoms with E-state index in [0.717, 1.165) is 5.56 Å². The van der Waals surface area contributed by atoms with E-state index >= 15 is 0 Å². The van der Waals surface area contributed by atoms with Gasteiger partial charge in [0.05, 0.1) is 24.8 Å². The molecule has 0 bridgehead atoms. The summed E-state index contributed by atoms with van der Waals surface area (Å²) >= 11 is 0. The molecule has 0 radical (unpaired) electrons. The van der Waals surface area contributed by atoms with Crippen molar-refractivity contribution in [3.05, 3.63) is 99.9 Å². The number of hydrogen-bond donors (Lipinski definition) is 7. The van der Waals surface area contributed by atoms with Gasteiger partial charge in [-0.3, -0.25) is 9.59 Å². The summed E-state index contributed by atoms with van der Waals surface area (Å²) in [6.45, 7) is -0.759. The predicted molar refractivity (Wildman–Crippen MR) is 174 cm³/mol. The van der Waals surface area contributed by atoms with Crippen LogP contribution in [0, 0.1) is 0 Å². The van der Waals surface area contributed by atoms with Gasteiger partial charge in [-0.1, -0.05) is 6.07 Å². The van der Waals surface area contributed by atoms with Crippen LogP contribution in [-0.4, -0.2) is 91.0 Å². The lowest BCUT2D eigenvalue weighted by Gasteiger charge is -2.47. The number of aromatic nitrogens is 2. The number of carbonyl (C=O) groups excluding carboxylic acids is 2. The van der Waals surface area contributed by atoms with E-state index in [1.165, 1.54) is 31.5 Å². The number of phenolic OH excluding ortho intramolecular Hbond substituents is 1. The highest BCUT2D eigenvalue weighted by molar-refractivity contribution is 6.30. The van der Waals surface area contributed by atoms with Gasteiger partial charge in [-0.2, -0.15) is 0 Å². The van der Waals surface area contributed by atoms with E-state index in [9.17, 15) is 35.1 Å². The second-order valence-corrected chi connectivity index (χ2v) is 12.1. The van der Waals surface area contributed by atoms with Crippen molar-refractivity contribution < 1.29 is 49.3 Å². The van der Waals surface area contributed by atoms with E-state index in [1.54, 1.807) is 30.5 Å². The number of ether oxygens (including phenoxy) is 3. The summed E-state index contributed by atoms with van der Waals surface area (Å²) in [7, 11) is 1.35. The number of nitrogens with zero attached hydrogens (tertiary/aromatic N) is 2.